The molecule has 0 aliphatic carbocycles. The van der Waals surface area contributed by atoms with E-state index in [-0.39, 0.29) is 33.8 Å². The van der Waals surface area contributed by atoms with E-state index in [4.69, 9.17) is 27.3 Å². The summed E-state index contributed by atoms with van der Waals surface area (Å²) < 4.78 is 1.27. The monoisotopic (exact) mass is 611 g/mol. The van der Waals surface area contributed by atoms with Gasteiger partial charge in [-0.05, 0) is 17.3 Å². The Hall–Kier alpha value is -4.30. The predicted molar refractivity (Wildman–Crippen MR) is 146 cm³/mol. The van der Waals surface area contributed by atoms with E-state index in [9.17, 15) is 24.3 Å². The molecule has 0 aromatic carbocycles. The lowest BCUT2D eigenvalue weighted by atomic mass is 10.0. The second-order valence-electron chi connectivity index (χ2n) is 8.05. The fourth-order valence-electron chi connectivity index (χ4n) is 3.71. The molecule has 2 aromatic rings. The highest BCUT2D eigenvalue weighted by Crippen LogP contribution is 2.41. The Balaban J connectivity index is 1.51. The van der Waals surface area contributed by atoms with E-state index in [0.29, 0.717) is 16.5 Å². The Kier molecular flexibility index (Phi) is 8.49. The van der Waals surface area contributed by atoms with Crippen molar-refractivity contribution in [2.75, 3.05) is 47.8 Å². The Morgan fingerprint density at radius 1 is 1.32 bits per heavy atom. The quantitative estimate of drug-likeness (QED) is 0.0278. The van der Waals surface area contributed by atoms with E-state index in [1.54, 1.807) is 7.05 Å². The number of thiazole rings is 1. The molecule has 212 valence electrons. The van der Waals surface area contributed by atoms with Crippen molar-refractivity contribution in [3.63, 3.8) is 0 Å². The van der Waals surface area contributed by atoms with Crippen LogP contribution in [0.25, 0.3) is 0 Å². The molecule has 1 unspecified atom stereocenters. The summed E-state index contributed by atoms with van der Waals surface area (Å²) in [6.45, 7) is -0.815. The number of hydrogen-bond donors (Lipinski definition) is 7. The van der Waals surface area contributed by atoms with Crippen LogP contribution in [0.2, 0.25) is 0 Å². The van der Waals surface area contributed by atoms with Gasteiger partial charge in [0.05, 0.1) is 6.07 Å². The number of thioether (sulfide) groups is 2. The molecule has 1 fully saturated rings. The highest BCUT2D eigenvalue weighted by molar-refractivity contribution is 8.01. The van der Waals surface area contributed by atoms with Gasteiger partial charge in [-0.2, -0.15) is 0 Å². The van der Waals surface area contributed by atoms with Crippen LogP contribution in [0, 0.1) is 0 Å². The first-order valence-corrected chi connectivity index (χ1v) is 14.0. The lowest BCUT2D eigenvalue weighted by molar-refractivity contribution is -0.667. The molecule has 0 spiro atoms. The summed E-state index contributed by atoms with van der Waals surface area (Å²) in [6, 6.07) is 0.458. The Morgan fingerprint density at radius 3 is 2.70 bits per heavy atom. The van der Waals surface area contributed by atoms with E-state index in [1.807, 2.05) is 0 Å². The average molecular weight is 612 g/mol. The molecule has 0 bridgehead atoms. The maximum absolute atomic E-state index is 13.1. The molecule has 0 radical (unpaired) electrons. The first kappa shape index (κ1) is 28.7. The van der Waals surface area contributed by atoms with Crippen LogP contribution >= 0.6 is 34.9 Å². The number of oxime groups is 1. The minimum Gasteiger partial charge on any atom is -0.479 e. The number of β-lactam (4-membered cyclic amide) rings is 1. The van der Waals surface area contributed by atoms with Crippen molar-refractivity contribution in [3.05, 3.63) is 28.4 Å². The van der Waals surface area contributed by atoms with E-state index >= 15 is 0 Å². The van der Waals surface area contributed by atoms with Gasteiger partial charge in [-0.25, -0.2) is 14.6 Å². The number of aromatic nitrogens is 3. The number of nitrogen functional groups attached to an aromatic ring is 3. The summed E-state index contributed by atoms with van der Waals surface area (Å²) in [6.07, 6.45) is 0. The van der Waals surface area contributed by atoms with E-state index < -0.39 is 47.5 Å². The molecular formula is C20H23N10O7S3+. The second kappa shape index (κ2) is 11.8. The number of rotatable bonds is 11. The number of hydrogen-bond acceptors (Lipinski definition) is 15. The summed E-state index contributed by atoms with van der Waals surface area (Å²) in [5.41, 5.74) is 11.3. The highest BCUT2D eigenvalue weighted by Gasteiger charge is 2.54. The molecule has 1 saturated heterocycles. The number of amides is 2. The molecule has 4 rings (SSSR count). The number of carboxylic acids is 2. The van der Waals surface area contributed by atoms with Crippen molar-refractivity contribution in [1.82, 2.24) is 20.2 Å². The van der Waals surface area contributed by atoms with Crippen molar-refractivity contribution < 1.29 is 38.9 Å². The molecule has 2 aliphatic rings. The molecule has 10 N–H and O–H groups in total. The van der Waals surface area contributed by atoms with Gasteiger partial charge in [-0.15, -0.1) is 27.8 Å². The number of carbonyl (C=O) groups is 4. The molecule has 2 atom stereocenters. The lowest BCUT2D eigenvalue weighted by Crippen LogP contribution is -2.71. The standard InChI is InChI=1S/C20H22N10O7S3/c1-24-10-2-9(21)26-20(30(10)23)40-5-7-4-38-17-13(16(34)29(17)14(7)18(35)36)27-15(33)12(28-37-3-11(31)32)8-6-39-19(22)25-8/h2,6,13,17H,3-5,23H2,1H3,(H7,21,22,24,25,27,31,32,33,35,36)/p+1/b28-12-/t13?,17-/m1/s1. The Bertz CT molecular complexity index is 1450. The van der Waals surface area contributed by atoms with Crippen molar-refractivity contribution >= 4 is 81.1 Å². The van der Waals surface area contributed by atoms with E-state index in [2.05, 4.69) is 25.8 Å². The van der Waals surface area contributed by atoms with Gasteiger partial charge in [0.25, 0.3) is 11.8 Å². The predicted octanol–water partition coefficient (Wildman–Crippen LogP) is -1.92. The van der Waals surface area contributed by atoms with Crippen molar-refractivity contribution in [1.29, 1.82) is 0 Å². The highest BCUT2D eigenvalue weighted by atomic mass is 32.2. The molecule has 4 heterocycles. The third-order valence-corrected chi connectivity index (χ3v) is 8.52. The van der Waals surface area contributed by atoms with Gasteiger partial charge < -0.3 is 37.2 Å². The minimum absolute atomic E-state index is 0.0180. The number of carboxylic acid groups (broad SMARTS) is 2. The fraction of sp³-hybridized carbons (Fsp3) is 0.300. The second-order valence-corrected chi connectivity index (χ2v) is 11.0. The van der Waals surface area contributed by atoms with Crippen LogP contribution < -0.4 is 32.6 Å². The van der Waals surface area contributed by atoms with Crippen LogP contribution in [-0.4, -0.2) is 91.1 Å². The first-order valence-electron chi connectivity index (χ1n) is 11.1. The number of fused-ring (bicyclic) bond motifs is 1. The molecule has 17 nitrogen and oxygen atoms in total. The van der Waals surface area contributed by atoms with Crippen molar-refractivity contribution in [2.24, 2.45) is 5.16 Å². The summed E-state index contributed by atoms with van der Waals surface area (Å²) in [5.74, 6) is 3.00. The zero-order valence-electron chi connectivity index (χ0n) is 20.6. The normalized spacial score (nSPS) is 18.6. The van der Waals surface area contributed by atoms with Crippen LogP contribution in [0.15, 0.2) is 33.0 Å². The fourth-order valence-corrected chi connectivity index (χ4v) is 6.68. The number of aliphatic carboxylic acids is 2. The van der Waals surface area contributed by atoms with Crippen LogP contribution in [0.1, 0.15) is 5.69 Å². The van der Waals surface area contributed by atoms with Crippen molar-refractivity contribution in [3.8, 4) is 0 Å². The van der Waals surface area contributed by atoms with Crippen LogP contribution in [0.5, 0.6) is 0 Å². The van der Waals surface area contributed by atoms with Crippen LogP contribution in [-0.2, 0) is 24.0 Å². The Labute approximate surface area is 237 Å². The van der Waals surface area contributed by atoms with E-state index in [0.717, 1.165) is 28.0 Å². The maximum atomic E-state index is 13.1. The van der Waals surface area contributed by atoms with Gasteiger partial charge in [0.2, 0.25) is 18.2 Å². The van der Waals surface area contributed by atoms with Gasteiger partial charge in [0, 0.05) is 23.9 Å². The molecular weight excluding hydrogens is 588 g/mol. The van der Waals surface area contributed by atoms with E-state index in [1.165, 1.54) is 27.9 Å². The minimum atomic E-state index is -1.32. The van der Waals surface area contributed by atoms with Gasteiger partial charge in [-0.3, -0.25) is 20.3 Å². The van der Waals surface area contributed by atoms with Crippen LogP contribution in [0.4, 0.5) is 16.8 Å². The molecule has 20 heteroatoms. The first-order chi connectivity index (χ1) is 19.0. The van der Waals surface area contributed by atoms with Gasteiger partial charge in [0.1, 0.15) is 22.8 Å². The third kappa shape index (κ3) is 5.82. The number of nitrogens with zero attached hydrogens (tertiary/aromatic N) is 5. The van der Waals surface area contributed by atoms with Gasteiger partial charge in [0.15, 0.2) is 10.8 Å². The zero-order chi connectivity index (χ0) is 29.1. The Morgan fingerprint density at radius 2 is 2.08 bits per heavy atom. The van der Waals surface area contributed by atoms with Gasteiger partial charge >= 0.3 is 17.1 Å². The maximum Gasteiger partial charge on any atom is 0.352 e. The zero-order valence-corrected chi connectivity index (χ0v) is 23.0. The third-order valence-electron chi connectivity index (χ3n) is 5.47. The van der Waals surface area contributed by atoms with Crippen LogP contribution in [0.3, 0.4) is 0 Å². The largest absolute Gasteiger partial charge is 0.479 e. The molecule has 40 heavy (non-hydrogen) atoms. The smallest absolute Gasteiger partial charge is 0.352 e. The van der Waals surface area contributed by atoms with Gasteiger partial charge in [-0.1, -0.05) is 10.1 Å². The summed E-state index contributed by atoms with van der Waals surface area (Å²) in [4.78, 5) is 63.0. The summed E-state index contributed by atoms with van der Waals surface area (Å²) in [7, 11) is 1.66. The number of nitrogens with two attached hydrogens (primary N) is 3. The molecule has 0 saturated carbocycles. The molecule has 2 aromatic heterocycles. The number of anilines is 3. The topological polar surface area (TPSA) is 265 Å². The number of carbonyl (C=O) groups excluding carboxylic acids is 2. The lowest BCUT2D eigenvalue weighted by Gasteiger charge is -2.49. The molecule has 2 amide bonds. The van der Waals surface area contributed by atoms with Crippen molar-refractivity contribution in [2.45, 2.75) is 16.6 Å². The average Bonchev–Trinajstić information content (AvgIpc) is 3.34. The molecule has 2 aliphatic heterocycles. The summed E-state index contributed by atoms with van der Waals surface area (Å²) >= 11 is 3.42. The number of nitrogens with one attached hydrogen (secondary N) is 2. The SMILES string of the molecule is CNc1cc(N)nc(SCC2=C(C(=O)O)N3C(=O)C(NC(=O)/C(=N\OCC(=O)O)c4csc(N)n4)[C@H]3SC2)[n+]1N. The summed E-state index contributed by atoms with van der Waals surface area (Å²) in [5, 5.41) is 28.8.